The van der Waals surface area contributed by atoms with E-state index < -0.39 is 23.8 Å². The SMILES string of the molecule is CCOC(=O)c1ccc(N2C(=O)NC(=O)/C(=C\c3cc(I)c(Cc4ccccc4Cl)c(OC)c3)C2=O)cc1. The van der Waals surface area contributed by atoms with E-state index in [-0.39, 0.29) is 23.4 Å². The van der Waals surface area contributed by atoms with E-state index in [9.17, 15) is 19.2 Å². The van der Waals surface area contributed by atoms with Crippen LogP contribution in [-0.2, 0) is 20.7 Å². The number of benzene rings is 3. The summed E-state index contributed by atoms with van der Waals surface area (Å²) < 4.78 is 11.4. The van der Waals surface area contributed by atoms with E-state index in [0.29, 0.717) is 22.8 Å². The third-order valence-corrected chi connectivity index (χ3v) is 7.10. The Bertz CT molecular complexity index is 1470. The Hall–Kier alpha value is -3.70. The number of carbonyl (C=O) groups is 4. The van der Waals surface area contributed by atoms with Crippen LogP contribution in [0.4, 0.5) is 10.5 Å². The van der Waals surface area contributed by atoms with Crippen LogP contribution in [0.1, 0.15) is 34.0 Å². The van der Waals surface area contributed by atoms with Crippen LogP contribution in [0.15, 0.2) is 66.2 Å². The van der Waals surface area contributed by atoms with Crippen molar-refractivity contribution in [2.24, 2.45) is 0 Å². The summed E-state index contributed by atoms with van der Waals surface area (Å²) >= 11 is 8.51. The van der Waals surface area contributed by atoms with Crippen LogP contribution in [-0.4, -0.2) is 37.5 Å². The van der Waals surface area contributed by atoms with Crippen LogP contribution in [0.5, 0.6) is 5.75 Å². The van der Waals surface area contributed by atoms with Crippen LogP contribution in [0.2, 0.25) is 5.02 Å². The first-order valence-corrected chi connectivity index (χ1v) is 13.0. The number of amides is 4. The van der Waals surface area contributed by atoms with E-state index in [4.69, 9.17) is 21.1 Å². The second-order valence-electron chi connectivity index (χ2n) is 8.18. The van der Waals surface area contributed by atoms with E-state index in [2.05, 4.69) is 27.9 Å². The average Bonchev–Trinajstić information content (AvgIpc) is 2.89. The van der Waals surface area contributed by atoms with E-state index in [1.807, 2.05) is 30.3 Å². The van der Waals surface area contributed by atoms with Gasteiger partial charge in [0.15, 0.2) is 0 Å². The molecule has 0 spiro atoms. The van der Waals surface area contributed by atoms with E-state index in [1.165, 1.54) is 37.5 Å². The highest BCUT2D eigenvalue weighted by Crippen LogP contribution is 2.32. The largest absolute Gasteiger partial charge is 0.496 e. The van der Waals surface area contributed by atoms with Crippen molar-refractivity contribution in [1.82, 2.24) is 5.32 Å². The summed E-state index contributed by atoms with van der Waals surface area (Å²) in [6.45, 7) is 1.91. The smallest absolute Gasteiger partial charge is 0.338 e. The van der Waals surface area contributed by atoms with Crippen LogP contribution in [0.3, 0.4) is 0 Å². The van der Waals surface area contributed by atoms with Crippen LogP contribution in [0, 0.1) is 3.57 Å². The summed E-state index contributed by atoms with van der Waals surface area (Å²) in [6, 6.07) is 15.9. The molecule has 194 valence electrons. The molecule has 1 aliphatic heterocycles. The molecule has 0 bridgehead atoms. The molecule has 0 atom stereocenters. The van der Waals surface area contributed by atoms with Crippen molar-refractivity contribution in [2.75, 3.05) is 18.6 Å². The van der Waals surface area contributed by atoms with Crippen molar-refractivity contribution in [3.8, 4) is 5.75 Å². The Morgan fingerprint density at radius 2 is 1.79 bits per heavy atom. The number of carbonyl (C=O) groups excluding carboxylic acids is 4. The molecule has 4 rings (SSSR count). The second kappa shape index (κ2) is 11.8. The van der Waals surface area contributed by atoms with Gasteiger partial charge >= 0.3 is 12.0 Å². The van der Waals surface area contributed by atoms with Gasteiger partial charge in [-0.05, 0) is 89.2 Å². The van der Waals surface area contributed by atoms with Gasteiger partial charge in [0, 0.05) is 20.6 Å². The van der Waals surface area contributed by atoms with Gasteiger partial charge in [-0.3, -0.25) is 14.9 Å². The lowest BCUT2D eigenvalue weighted by Crippen LogP contribution is -2.54. The van der Waals surface area contributed by atoms with Crippen molar-refractivity contribution in [2.45, 2.75) is 13.3 Å². The van der Waals surface area contributed by atoms with Crippen molar-refractivity contribution >= 4 is 69.8 Å². The molecule has 1 N–H and O–H groups in total. The van der Waals surface area contributed by atoms with Crippen LogP contribution in [0.25, 0.3) is 6.08 Å². The number of halogens is 2. The molecule has 1 aliphatic rings. The Labute approximate surface area is 237 Å². The van der Waals surface area contributed by atoms with Crippen molar-refractivity contribution in [3.63, 3.8) is 0 Å². The third kappa shape index (κ3) is 5.73. The predicted molar refractivity (Wildman–Crippen MR) is 151 cm³/mol. The zero-order valence-electron chi connectivity index (χ0n) is 20.4. The summed E-state index contributed by atoms with van der Waals surface area (Å²) in [5.74, 6) is -1.56. The fourth-order valence-corrected chi connectivity index (χ4v) is 4.94. The predicted octanol–water partition coefficient (Wildman–Crippen LogP) is 5.39. The van der Waals surface area contributed by atoms with Crippen LogP contribution >= 0.6 is 34.2 Å². The maximum atomic E-state index is 13.3. The van der Waals surface area contributed by atoms with Crippen molar-refractivity contribution < 1.29 is 28.7 Å². The summed E-state index contributed by atoms with van der Waals surface area (Å²) in [4.78, 5) is 51.3. The van der Waals surface area contributed by atoms with Crippen molar-refractivity contribution in [3.05, 3.63) is 97.1 Å². The minimum absolute atomic E-state index is 0.196. The monoisotopic (exact) mass is 644 g/mol. The Kier molecular flexibility index (Phi) is 8.48. The fraction of sp³-hybridized carbons (Fsp3) is 0.143. The van der Waals surface area contributed by atoms with Gasteiger partial charge in [-0.1, -0.05) is 29.8 Å². The summed E-state index contributed by atoms with van der Waals surface area (Å²) in [5, 5.41) is 2.84. The molecule has 0 saturated carbocycles. The minimum Gasteiger partial charge on any atom is -0.496 e. The molecule has 1 heterocycles. The number of rotatable bonds is 7. The highest BCUT2D eigenvalue weighted by atomic mass is 127. The quantitative estimate of drug-likeness (QED) is 0.160. The Balaban J connectivity index is 1.66. The highest BCUT2D eigenvalue weighted by molar-refractivity contribution is 14.1. The van der Waals surface area contributed by atoms with Gasteiger partial charge in [-0.2, -0.15) is 0 Å². The van der Waals surface area contributed by atoms with Gasteiger partial charge in [0.2, 0.25) is 0 Å². The highest BCUT2D eigenvalue weighted by Gasteiger charge is 2.37. The van der Waals surface area contributed by atoms with Gasteiger partial charge in [0.1, 0.15) is 11.3 Å². The molecule has 38 heavy (non-hydrogen) atoms. The normalized spacial score (nSPS) is 14.5. The van der Waals surface area contributed by atoms with Crippen LogP contribution < -0.4 is 15.0 Å². The number of methoxy groups -OCH3 is 1. The second-order valence-corrected chi connectivity index (χ2v) is 9.75. The molecule has 1 fully saturated rings. The summed E-state index contributed by atoms with van der Waals surface area (Å²) in [6.07, 6.45) is 1.94. The number of barbiturate groups is 1. The maximum absolute atomic E-state index is 13.3. The summed E-state index contributed by atoms with van der Waals surface area (Å²) in [5.41, 5.74) is 2.62. The van der Waals surface area contributed by atoms with E-state index in [0.717, 1.165) is 19.6 Å². The van der Waals surface area contributed by atoms with Gasteiger partial charge in [0.05, 0.1) is 25.0 Å². The Morgan fingerprint density at radius 3 is 2.45 bits per heavy atom. The number of hydrogen-bond acceptors (Lipinski definition) is 6. The lowest BCUT2D eigenvalue weighted by atomic mass is 10.0. The molecule has 4 amide bonds. The number of imide groups is 2. The molecular formula is C28H22ClIN2O6. The molecular weight excluding hydrogens is 623 g/mol. The number of urea groups is 1. The minimum atomic E-state index is -0.886. The molecule has 10 heteroatoms. The topological polar surface area (TPSA) is 102 Å². The lowest BCUT2D eigenvalue weighted by Gasteiger charge is -2.26. The number of anilines is 1. The first-order chi connectivity index (χ1) is 18.2. The van der Waals surface area contributed by atoms with Crippen molar-refractivity contribution in [1.29, 1.82) is 0 Å². The first kappa shape index (κ1) is 27.3. The van der Waals surface area contributed by atoms with E-state index >= 15 is 0 Å². The number of nitrogens with one attached hydrogen (secondary N) is 1. The maximum Gasteiger partial charge on any atom is 0.338 e. The molecule has 3 aromatic rings. The average molecular weight is 645 g/mol. The molecule has 3 aromatic carbocycles. The third-order valence-electron chi connectivity index (χ3n) is 5.77. The van der Waals surface area contributed by atoms with Gasteiger partial charge in [0.25, 0.3) is 11.8 Å². The molecule has 1 saturated heterocycles. The number of esters is 1. The standard InChI is InChI=1S/C28H22ClIN2O6/c1-3-38-27(35)17-8-10-19(11-9-17)32-26(34)21(25(33)31-28(32)36)12-16-13-23(30)20(24(14-16)37-2)15-18-6-4-5-7-22(18)29/h4-14H,3,15H2,1-2H3,(H,31,33,36)/b21-12+. The number of nitrogens with zero attached hydrogens (tertiary/aromatic N) is 1. The Morgan fingerprint density at radius 1 is 1.08 bits per heavy atom. The number of hydrogen-bond donors (Lipinski definition) is 1. The number of ether oxygens (including phenoxy) is 2. The van der Waals surface area contributed by atoms with Gasteiger partial charge in [-0.25, -0.2) is 14.5 Å². The molecule has 0 aromatic heterocycles. The molecule has 8 nitrogen and oxygen atoms in total. The lowest BCUT2D eigenvalue weighted by molar-refractivity contribution is -0.122. The first-order valence-electron chi connectivity index (χ1n) is 11.5. The summed E-state index contributed by atoms with van der Waals surface area (Å²) in [7, 11) is 1.54. The zero-order valence-corrected chi connectivity index (χ0v) is 23.3. The molecule has 0 unspecified atom stereocenters. The van der Waals surface area contributed by atoms with Gasteiger partial charge < -0.3 is 9.47 Å². The molecule has 0 aliphatic carbocycles. The zero-order chi connectivity index (χ0) is 27.4. The van der Waals surface area contributed by atoms with E-state index in [1.54, 1.807) is 13.0 Å². The fourth-order valence-electron chi connectivity index (χ4n) is 3.92. The molecule has 0 radical (unpaired) electrons. The van der Waals surface area contributed by atoms with Gasteiger partial charge in [-0.15, -0.1) is 0 Å².